The van der Waals surface area contributed by atoms with Crippen LogP contribution in [-0.4, -0.2) is 38.3 Å². The monoisotopic (exact) mass is 240 g/mol. The second-order valence-corrected chi connectivity index (χ2v) is 5.64. The molecule has 0 spiro atoms. The van der Waals surface area contributed by atoms with Crippen LogP contribution in [0, 0.1) is 5.41 Å². The SMILES string of the molecule is CC1(CNC2CCCCNC2=O)CCOCC1. The topological polar surface area (TPSA) is 50.4 Å². The molecule has 2 N–H and O–H groups in total. The summed E-state index contributed by atoms with van der Waals surface area (Å²) >= 11 is 0. The van der Waals surface area contributed by atoms with E-state index in [1.54, 1.807) is 0 Å². The predicted molar refractivity (Wildman–Crippen MR) is 66.8 cm³/mol. The van der Waals surface area contributed by atoms with Crippen LogP contribution in [0.5, 0.6) is 0 Å². The standard InChI is InChI=1S/C13H24N2O2/c1-13(5-8-17-9-6-13)10-15-11-4-2-3-7-14-12(11)16/h11,15H,2-10H2,1H3,(H,14,16). The van der Waals surface area contributed by atoms with E-state index < -0.39 is 0 Å². The van der Waals surface area contributed by atoms with Gasteiger partial charge in [-0.05, 0) is 37.5 Å². The summed E-state index contributed by atoms with van der Waals surface area (Å²) in [5.41, 5.74) is 0.296. The van der Waals surface area contributed by atoms with Crippen molar-refractivity contribution in [3.63, 3.8) is 0 Å². The minimum absolute atomic E-state index is 0.0113. The molecule has 0 saturated carbocycles. The molecule has 0 aromatic carbocycles. The average molecular weight is 240 g/mol. The molecule has 2 aliphatic heterocycles. The fourth-order valence-corrected chi connectivity index (χ4v) is 2.54. The summed E-state index contributed by atoms with van der Waals surface area (Å²) < 4.78 is 5.39. The highest BCUT2D eigenvalue weighted by atomic mass is 16.5. The summed E-state index contributed by atoms with van der Waals surface area (Å²) in [5.74, 6) is 0.179. The van der Waals surface area contributed by atoms with Crippen molar-refractivity contribution in [2.24, 2.45) is 5.41 Å². The highest BCUT2D eigenvalue weighted by Gasteiger charge is 2.29. The second-order valence-electron chi connectivity index (χ2n) is 5.64. The van der Waals surface area contributed by atoms with Gasteiger partial charge in [0.15, 0.2) is 0 Å². The number of amides is 1. The Morgan fingerprint density at radius 2 is 2.18 bits per heavy atom. The van der Waals surface area contributed by atoms with Crippen LogP contribution in [0.2, 0.25) is 0 Å². The minimum Gasteiger partial charge on any atom is -0.381 e. The molecule has 2 rings (SSSR count). The average Bonchev–Trinajstić information content (AvgIpc) is 2.53. The smallest absolute Gasteiger partial charge is 0.237 e. The Hall–Kier alpha value is -0.610. The predicted octanol–water partition coefficient (Wildman–Crippen LogP) is 1.06. The maximum absolute atomic E-state index is 11.8. The Morgan fingerprint density at radius 3 is 2.94 bits per heavy atom. The zero-order chi connectivity index (χ0) is 12.1. The first-order chi connectivity index (χ1) is 8.20. The number of rotatable bonds is 3. The highest BCUT2D eigenvalue weighted by molar-refractivity contribution is 5.81. The van der Waals surface area contributed by atoms with Crippen LogP contribution in [0.4, 0.5) is 0 Å². The van der Waals surface area contributed by atoms with E-state index in [2.05, 4.69) is 17.6 Å². The Balaban J connectivity index is 1.81. The van der Waals surface area contributed by atoms with Crippen molar-refractivity contribution in [3.8, 4) is 0 Å². The first kappa shape index (κ1) is 12.8. The summed E-state index contributed by atoms with van der Waals surface area (Å²) in [4.78, 5) is 11.8. The third kappa shape index (κ3) is 3.68. The molecule has 2 heterocycles. The van der Waals surface area contributed by atoms with Gasteiger partial charge < -0.3 is 15.4 Å². The van der Waals surface area contributed by atoms with Crippen molar-refractivity contribution in [3.05, 3.63) is 0 Å². The molecule has 0 aromatic heterocycles. The van der Waals surface area contributed by atoms with E-state index in [9.17, 15) is 4.79 Å². The van der Waals surface area contributed by atoms with Crippen molar-refractivity contribution in [1.82, 2.24) is 10.6 Å². The summed E-state index contributed by atoms with van der Waals surface area (Å²) in [6, 6.07) is 0.0113. The highest BCUT2D eigenvalue weighted by Crippen LogP contribution is 2.28. The van der Waals surface area contributed by atoms with E-state index in [1.165, 1.54) is 0 Å². The Bertz CT molecular complexity index is 262. The maximum atomic E-state index is 11.8. The van der Waals surface area contributed by atoms with Gasteiger partial charge in [0.05, 0.1) is 6.04 Å². The molecular formula is C13H24N2O2. The van der Waals surface area contributed by atoms with Crippen LogP contribution in [0.1, 0.15) is 39.0 Å². The number of nitrogens with one attached hydrogen (secondary N) is 2. The number of carbonyl (C=O) groups is 1. The van der Waals surface area contributed by atoms with E-state index in [1.807, 2.05) is 0 Å². The van der Waals surface area contributed by atoms with Crippen molar-refractivity contribution in [1.29, 1.82) is 0 Å². The quantitative estimate of drug-likeness (QED) is 0.775. The minimum atomic E-state index is 0.0113. The first-order valence-electron chi connectivity index (χ1n) is 6.78. The molecule has 0 bridgehead atoms. The molecule has 1 atom stereocenters. The lowest BCUT2D eigenvalue weighted by atomic mass is 9.82. The van der Waals surface area contributed by atoms with Gasteiger partial charge in [-0.1, -0.05) is 6.92 Å². The van der Waals surface area contributed by atoms with Crippen LogP contribution in [-0.2, 0) is 9.53 Å². The van der Waals surface area contributed by atoms with Crippen LogP contribution >= 0.6 is 0 Å². The second kappa shape index (κ2) is 5.83. The molecule has 2 saturated heterocycles. The van der Waals surface area contributed by atoms with Gasteiger partial charge in [0.1, 0.15) is 0 Å². The van der Waals surface area contributed by atoms with E-state index in [0.717, 1.165) is 58.4 Å². The Kier molecular flexibility index (Phi) is 4.40. The van der Waals surface area contributed by atoms with Gasteiger partial charge in [-0.25, -0.2) is 0 Å². The lowest BCUT2D eigenvalue weighted by Crippen LogP contribution is -2.47. The van der Waals surface area contributed by atoms with Crippen molar-refractivity contribution in [2.45, 2.75) is 45.1 Å². The zero-order valence-electron chi connectivity index (χ0n) is 10.8. The fraction of sp³-hybridized carbons (Fsp3) is 0.923. The van der Waals surface area contributed by atoms with Gasteiger partial charge in [0, 0.05) is 26.3 Å². The molecule has 17 heavy (non-hydrogen) atoms. The molecule has 0 aromatic rings. The van der Waals surface area contributed by atoms with Gasteiger partial charge >= 0.3 is 0 Å². The molecule has 4 nitrogen and oxygen atoms in total. The van der Waals surface area contributed by atoms with E-state index in [0.29, 0.717) is 5.41 Å². The summed E-state index contributed by atoms with van der Waals surface area (Å²) in [7, 11) is 0. The molecule has 0 radical (unpaired) electrons. The summed E-state index contributed by atoms with van der Waals surface area (Å²) in [5, 5.41) is 6.42. The zero-order valence-corrected chi connectivity index (χ0v) is 10.8. The van der Waals surface area contributed by atoms with Crippen LogP contribution in [0.15, 0.2) is 0 Å². The lowest BCUT2D eigenvalue weighted by Gasteiger charge is -2.34. The number of hydrogen-bond donors (Lipinski definition) is 2. The molecule has 2 aliphatic rings. The van der Waals surface area contributed by atoms with Gasteiger partial charge in [-0.15, -0.1) is 0 Å². The summed E-state index contributed by atoms with van der Waals surface area (Å²) in [6.07, 6.45) is 5.40. The van der Waals surface area contributed by atoms with E-state index in [-0.39, 0.29) is 11.9 Å². The molecule has 98 valence electrons. The van der Waals surface area contributed by atoms with Crippen molar-refractivity contribution in [2.75, 3.05) is 26.3 Å². The van der Waals surface area contributed by atoms with Crippen molar-refractivity contribution >= 4 is 5.91 Å². The van der Waals surface area contributed by atoms with Gasteiger partial charge in [-0.3, -0.25) is 4.79 Å². The normalized spacial score (nSPS) is 29.5. The lowest BCUT2D eigenvalue weighted by molar-refractivity contribution is -0.123. The third-order valence-corrected chi connectivity index (χ3v) is 4.01. The molecule has 2 fully saturated rings. The largest absolute Gasteiger partial charge is 0.381 e. The Morgan fingerprint density at radius 1 is 1.41 bits per heavy atom. The molecule has 0 aliphatic carbocycles. The molecule has 4 heteroatoms. The van der Waals surface area contributed by atoms with Gasteiger partial charge in [0.25, 0.3) is 0 Å². The van der Waals surface area contributed by atoms with Crippen LogP contribution < -0.4 is 10.6 Å². The Labute approximate surface area is 103 Å². The van der Waals surface area contributed by atoms with Gasteiger partial charge in [0.2, 0.25) is 5.91 Å². The molecule has 1 amide bonds. The maximum Gasteiger partial charge on any atom is 0.237 e. The molecular weight excluding hydrogens is 216 g/mol. The fourth-order valence-electron chi connectivity index (χ4n) is 2.54. The third-order valence-electron chi connectivity index (χ3n) is 4.01. The number of hydrogen-bond acceptors (Lipinski definition) is 3. The summed E-state index contributed by atoms with van der Waals surface area (Å²) in [6.45, 7) is 5.76. The van der Waals surface area contributed by atoms with Gasteiger partial charge in [-0.2, -0.15) is 0 Å². The van der Waals surface area contributed by atoms with E-state index in [4.69, 9.17) is 4.74 Å². The number of carbonyl (C=O) groups excluding carboxylic acids is 1. The van der Waals surface area contributed by atoms with Crippen molar-refractivity contribution < 1.29 is 9.53 Å². The first-order valence-corrected chi connectivity index (χ1v) is 6.78. The molecule has 1 unspecified atom stereocenters. The van der Waals surface area contributed by atoms with Crippen LogP contribution in [0.25, 0.3) is 0 Å². The number of ether oxygens (including phenoxy) is 1. The van der Waals surface area contributed by atoms with E-state index >= 15 is 0 Å². The van der Waals surface area contributed by atoms with Crippen LogP contribution in [0.3, 0.4) is 0 Å².